The van der Waals surface area contributed by atoms with Gasteiger partial charge in [-0.05, 0) is 36.8 Å². The lowest BCUT2D eigenvalue weighted by Gasteiger charge is -2.17. The number of fused-ring (bicyclic) bond motifs is 1. The molecular weight excluding hydrogens is 260 g/mol. The largest absolute Gasteiger partial charge is 0.497 e. The third kappa shape index (κ3) is 2.82. The number of aromatic nitrogens is 1. The summed E-state index contributed by atoms with van der Waals surface area (Å²) >= 11 is 0. The van der Waals surface area contributed by atoms with Gasteiger partial charge in [0.1, 0.15) is 5.75 Å². The molecule has 1 unspecified atom stereocenters. The van der Waals surface area contributed by atoms with E-state index in [4.69, 9.17) is 4.74 Å². The van der Waals surface area contributed by atoms with E-state index in [-0.39, 0.29) is 6.04 Å². The highest BCUT2D eigenvalue weighted by Crippen LogP contribution is 2.27. The zero-order valence-electron chi connectivity index (χ0n) is 12.2. The van der Waals surface area contributed by atoms with Crippen LogP contribution in [0.5, 0.6) is 5.75 Å². The molecule has 1 heterocycles. The lowest BCUT2D eigenvalue weighted by atomic mass is 10.1. The molecule has 3 nitrogen and oxygen atoms in total. The number of hydrogen-bond acceptors (Lipinski definition) is 3. The van der Waals surface area contributed by atoms with Crippen LogP contribution in [0.25, 0.3) is 10.8 Å². The van der Waals surface area contributed by atoms with Crippen LogP contribution >= 0.6 is 0 Å². The number of methoxy groups -OCH3 is 1. The van der Waals surface area contributed by atoms with Crippen molar-refractivity contribution in [1.82, 2.24) is 4.98 Å². The Labute approximate surface area is 124 Å². The van der Waals surface area contributed by atoms with Crippen molar-refractivity contribution in [2.75, 3.05) is 12.4 Å². The maximum Gasteiger partial charge on any atom is 0.118 e. The normalized spacial score (nSPS) is 12.1. The second-order valence-electron chi connectivity index (χ2n) is 5.04. The lowest BCUT2D eigenvalue weighted by Crippen LogP contribution is -2.06. The summed E-state index contributed by atoms with van der Waals surface area (Å²) in [5.41, 5.74) is 2.35. The first-order valence-corrected chi connectivity index (χ1v) is 7.01. The van der Waals surface area contributed by atoms with Gasteiger partial charge in [0, 0.05) is 34.9 Å². The van der Waals surface area contributed by atoms with Gasteiger partial charge in [-0.3, -0.25) is 4.98 Å². The van der Waals surface area contributed by atoms with Crippen LogP contribution in [0, 0.1) is 0 Å². The molecule has 3 rings (SSSR count). The summed E-state index contributed by atoms with van der Waals surface area (Å²) in [4.78, 5) is 4.17. The van der Waals surface area contributed by atoms with Crippen molar-refractivity contribution in [2.24, 2.45) is 0 Å². The van der Waals surface area contributed by atoms with E-state index < -0.39 is 0 Å². The highest BCUT2D eigenvalue weighted by Gasteiger charge is 2.07. The van der Waals surface area contributed by atoms with Crippen LogP contribution in [-0.2, 0) is 0 Å². The van der Waals surface area contributed by atoms with E-state index in [2.05, 4.69) is 41.5 Å². The number of nitrogens with one attached hydrogen (secondary N) is 1. The fourth-order valence-electron chi connectivity index (χ4n) is 2.46. The fraction of sp³-hybridized carbons (Fsp3) is 0.167. The minimum absolute atomic E-state index is 0.217. The molecule has 106 valence electrons. The molecule has 1 atom stereocenters. The molecule has 0 aliphatic heterocycles. The van der Waals surface area contributed by atoms with E-state index in [0.29, 0.717) is 0 Å². The molecule has 3 heteroatoms. The molecule has 21 heavy (non-hydrogen) atoms. The topological polar surface area (TPSA) is 34.1 Å². The van der Waals surface area contributed by atoms with Gasteiger partial charge >= 0.3 is 0 Å². The second kappa shape index (κ2) is 5.83. The standard InChI is InChI=1S/C18H18N2O/c1-13(14-6-8-16(21-2)9-7-14)20-18-5-3-4-15-12-19-11-10-17(15)18/h3-13,20H,1-2H3. The van der Waals surface area contributed by atoms with Crippen molar-refractivity contribution in [2.45, 2.75) is 13.0 Å². The van der Waals surface area contributed by atoms with E-state index in [0.717, 1.165) is 16.8 Å². The Kier molecular flexibility index (Phi) is 3.73. The summed E-state index contributed by atoms with van der Waals surface area (Å²) in [6, 6.07) is 16.6. The monoisotopic (exact) mass is 278 g/mol. The summed E-state index contributed by atoms with van der Waals surface area (Å²) in [5, 5.41) is 5.90. The minimum Gasteiger partial charge on any atom is -0.497 e. The molecular formula is C18H18N2O. The zero-order chi connectivity index (χ0) is 14.7. The predicted molar refractivity (Wildman–Crippen MR) is 86.8 cm³/mol. The second-order valence-corrected chi connectivity index (χ2v) is 5.04. The van der Waals surface area contributed by atoms with Crippen molar-refractivity contribution >= 4 is 16.5 Å². The Morgan fingerprint density at radius 3 is 2.62 bits per heavy atom. The van der Waals surface area contributed by atoms with Gasteiger partial charge in [0.25, 0.3) is 0 Å². The number of anilines is 1. The summed E-state index contributed by atoms with van der Waals surface area (Å²) in [6.07, 6.45) is 3.71. The number of pyridine rings is 1. The van der Waals surface area contributed by atoms with E-state index in [9.17, 15) is 0 Å². The van der Waals surface area contributed by atoms with Crippen LogP contribution in [-0.4, -0.2) is 12.1 Å². The van der Waals surface area contributed by atoms with E-state index in [1.807, 2.05) is 36.7 Å². The molecule has 3 aromatic rings. The van der Waals surface area contributed by atoms with Crippen molar-refractivity contribution < 1.29 is 4.74 Å². The first-order chi connectivity index (χ1) is 10.3. The SMILES string of the molecule is COc1ccc(C(C)Nc2cccc3cnccc23)cc1. The Morgan fingerprint density at radius 2 is 1.86 bits per heavy atom. The van der Waals surface area contributed by atoms with Crippen LogP contribution in [0.15, 0.2) is 60.9 Å². The maximum absolute atomic E-state index is 5.20. The van der Waals surface area contributed by atoms with Crippen molar-refractivity contribution in [3.05, 3.63) is 66.5 Å². The number of rotatable bonds is 4. The Bertz CT molecular complexity index is 732. The average molecular weight is 278 g/mol. The number of nitrogens with zero attached hydrogens (tertiary/aromatic N) is 1. The maximum atomic E-state index is 5.20. The van der Waals surface area contributed by atoms with Crippen LogP contribution in [0.3, 0.4) is 0 Å². The lowest BCUT2D eigenvalue weighted by molar-refractivity contribution is 0.414. The van der Waals surface area contributed by atoms with Gasteiger partial charge in [-0.15, -0.1) is 0 Å². The zero-order valence-corrected chi connectivity index (χ0v) is 12.2. The number of hydrogen-bond donors (Lipinski definition) is 1. The van der Waals surface area contributed by atoms with Crippen LogP contribution in [0.4, 0.5) is 5.69 Å². The van der Waals surface area contributed by atoms with Crippen molar-refractivity contribution in [3.8, 4) is 5.75 Å². The molecule has 1 aromatic heterocycles. The first-order valence-electron chi connectivity index (χ1n) is 7.01. The number of ether oxygens (including phenoxy) is 1. The van der Waals surface area contributed by atoms with Gasteiger partial charge in [0.15, 0.2) is 0 Å². The Hall–Kier alpha value is -2.55. The van der Waals surface area contributed by atoms with Crippen LogP contribution in [0.1, 0.15) is 18.5 Å². The fourth-order valence-corrected chi connectivity index (χ4v) is 2.46. The molecule has 0 fully saturated rings. The van der Waals surface area contributed by atoms with Gasteiger partial charge in [0.05, 0.1) is 7.11 Å². The quantitative estimate of drug-likeness (QED) is 0.767. The van der Waals surface area contributed by atoms with Crippen molar-refractivity contribution in [3.63, 3.8) is 0 Å². The van der Waals surface area contributed by atoms with Crippen LogP contribution in [0.2, 0.25) is 0 Å². The van der Waals surface area contributed by atoms with E-state index in [1.165, 1.54) is 10.9 Å². The summed E-state index contributed by atoms with van der Waals surface area (Å²) < 4.78 is 5.20. The molecule has 0 radical (unpaired) electrons. The van der Waals surface area contributed by atoms with Gasteiger partial charge in [-0.25, -0.2) is 0 Å². The van der Waals surface area contributed by atoms with Gasteiger partial charge in [0.2, 0.25) is 0 Å². The molecule has 0 saturated carbocycles. The Balaban J connectivity index is 1.87. The number of benzene rings is 2. The Morgan fingerprint density at radius 1 is 1.05 bits per heavy atom. The summed E-state index contributed by atoms with van der Waals surface area (Å²) in [7, 11) is 1.68. The van der Waals surface area contributed by atoms with E-state index in [1.54, 1.807) is 7.11 Å². The van der Waals surface area contributed by atoms with Gasteiger partial charge < -0.3 is 10.1 Å². The molecule has 0 amide bonds. The molecule has 0 aliphatic rings. The van der Waals surface area contributed by atoms with E-state index >= 15 is 0 Å². The highest BCUT2D eigenvalue weighted by atomic mass is 16.5. The first kappa shape index (κ1) is 13.4. The third-order valence-corrected chi connectivity index (χ3v) is 3.67. The average Bonchev–Trinajstić information content (AvgIpc) is 2.55. The molecule has 0 spiro atoms. The van der Waals surface area contributed by atoms with Gasteiger partial charge in [-0.2, -0.15) is 0 Å². The molecule has 2 aromatic carbocycles. The smallest absolute Gasteiger partial charge is 0.118 e. The molecule has 0 aliphatic carbocycles. The molecule has 0 saturated heterocycles. The molecule has 0 bridgehead atoms. The minimum atomic E-state index is 0.217. The third-order valence-electron chi connectivity index (χ3n) is 3.67. The van der Waals surface area contributed by atoms with Crippen LogP contribution < -0.4 is 10.1 Å². The van der Waals surface area contributed by atoms with Crippen molar-refractivity contribution in [1.29, 1.82) is 0 Å². The van der Waals surface area contributed by atoms with Gasteiger partial charge in [-0.1, -0.05) is 24.3 Å². The summed E-state index contributed by atoms with van der Waals surface area (Å²) in [5.74, 6) is 0.877. The molecule has 1 N–H and O–H groups in total. The predicted octanol–water partition coefficient (Wildman–Crippen LogP) is 4.42. The highest BCUT2D eigenvalue weighted by molar-refractivity contribution is 5.93. The summed E-state index contributed by atoms with van der Waals surface area (Å²) in [6.45, 7) is 2.15.